The fourth-order valence-corrected chi connectivity index (χ4v) is 3.33. The van der Waals surface area contributed by atoms with Crippen molar-refractivity contribution in [3.8, 4) is 0 Å². The summed E-state index contributed by atoms with van der Waals surface area (Å²) < 4.78 is 29.0. The zero-order valence-electron chi connectivity index (χ0n) is 16.4. The molecule has 1 saturated heterocycles. The third-order valence-electron chi connectivity index (χ3n) is 4.80. The lowest BCUT2D eigenvalue weighted by Crippen LogP contribution is -2.52. The summed E-state index contributed by atoms with van der Waals surface area (Å²) in [7, 11) is 0. The van der Waals surface area contributed by atoms with Gasteiger partial charge in [0.2, 0.25) is 0 Å². The monoisotopic (exact) mass is 392 g/mol. The molecular formula is C21H28O7. The van der Waals surface area contributed by atoms with Crippen LogP contribution in [-0.2, 0) is 35.1 Å². The number of rotatable bonds is 6. The molecule has 3 rings (SSSR count). The summed E-state index contributed by atoms with van der Waals surface area (Å²) in [6, 6.07) is 9.80. The summed E-state index contributed by atoms with van der Waals surface area (Å²) in [5.41, 5.74) is 1.04. The first kappa shape index (κ1) is 21.0. The van der Waals surface area contributed by atoms with Gasteiger partial charge >= 0.3 is 5.97 Å². The van der Waals surface area contributed by atoms with Gasteiger partial charge in [0.15, 0.2) is 12.6 Å². The Morgan fingerprint density at radius 1 is 1.14 bits per heavy atom. The van der Waals surface area contributed by atoms with E-state index in [-0.39, 0.29) is 12.2 Å². The van der Waals surface area contributed by atoms with E-state index in [0.717, 1.165) is 5.56 Å². The average Bonchev–Trinajstić information content (AvgIpc) is 2.66. The molecule has 0 saturated carbocycles. The predicted octanol–water partition coefficient (Wildman–Crippen LogP) is 2.32. The lowest BCUT2D eigenvalue weighted by molar-refractivity contribution is -0.290. The summed E-state index contributed by atoms with van der Waals surface area (Å²) in [6.07, 6.45) is 0.0219. The number of carbonyl (C=O) groups is 1. The maximum atomic E-state index is 11.6. The molecule has 0 bridgehead atoms. The van der Waals surface area contributed by atoms with Gasteiger partial charge in [-0.25, -0.2) is 0 Å². The van der Waals surface area contributed by atoms with Crippen molar-refractivity contribution in [1.82, 2.24) is 0 Å². The first-order valence-electron chi connectivity index (χ1n) is 9.58. The summed E-state index contributed by atoms with van der Waals surface area (Å²) in [6.45, 7) is 5.39. The lowest BCUT2D eigenvalue weighted by atomic mass is 10.0. The van der Waals surface area contributed by atoms with Crippen molar-refractivity contribution in [2.75, 3.05) is 0 Å². The standard InChI is InChI=1S/C21H28O7/c1-13-17(23)9-10-19(25-13)28-21-14(2)26-20(11-18(21)27-15(3)22)24-12-16-7-5-4-6-8-16/h4-10,13-14,17-21,23H,11-12H2,1-3H3/t13-,14-,17?,18+,19+,20-,21-/m1/s1. The van der Waals surface area contributed by atoms with Crippen LogP contribution in [0.4, 0.5) is 0 Å². The Hall–Kier alpha value is -1.77. The van der Waals surface area contributed by atoms with Gasteiger partial charge in [0, 0.05) is 13.3 Å². The quantitative estimate of drug-likeness (QED) is 0.587. The zero-order chi connectivity index (χ0) is 20.1. The number of hydrogen-bond acceptors (Lipinski definition) is 7. The van der Waals surface area contributed by atoms with Crippen LogP contribution in [0.25, 0.3) is 0 Å². The van der Waals surface area contributed by atoms with Crippen LogP contribution in [0.3, 0.4) is 0 Å². The molecule has 0 aliphatic carbocycles. The van der Waals surface area contributed by atoms with E-state index in [2.05, 4.69) is 0 Å². The minimum Gasteiger partial charge on any atom is -0.459 e. The molecule has 2 aliphatic heterocycles. The molecule has 2 heterocycles. The van der Waals surface area contributed by atoms with Crippen LogP contribution >= 0.6 is 0 Å². The second-order valence-electron chi connectivity index (χ2n) is 7.14. The summed E-state index contributed by atoms with van der Waals surface area (Å²) in [5.74, 6) is -0.390. The van der Waals surface area contributed by atoms with Gasteiger partial charge in [-0.15, -0.1) is 0 Å². The number of benzene rings is 1. The summed E-state index contributed by atoms with van der Waals surface area (Å²) in [4.78, 5) is 11.6. The second-order valence-corrected chi connectivity index (χ2v) is 7.14. The number of esters is 1. The Labute approximate surface area is 165 Å². The predicted molar refractivity (Wildman–Crippen MR) is 100 cm³/mol. The second kappa shape index (κ2) is 9.62. The molecule has 0 aromatic heterocycles. The van der Waals surface area contributed by atoms with Gasteiger partial charge in [-0.1, -0.05) is 36.4 Å². The molecule has 2 aliphatic rings. The highest BCUT2D eigenvalue weighted by Gasteiger charge is 2.41. The molecule has 0 radical (unpaired) electrons. The van der Waals surface area contributed by atoms with E-state index in [1.807, 2.05) is 37.3 Å². The molecule has 154 valence electrons. The molecule has 7 atom stereocenters. The molecule has 1 aromatic carbocycles. The molecule has 28 heavy (non-hydrogen) atoms. The minimum absolute atomic E-state index is 0.357. The maximum absolute atomic E-state index is 11.6. The fourth-order valence-electron chi connectivity index (χ4n) is 3.33. The first-order valence-corrected chi connectivity index (χ1v) is 9.58. The lowest BCUT2D eigenvalue weighted by Gasteiger charge is -2.41. The Morgan fingerprint density at radius 2 is 1.89 bits per heavy atom. The summed E-state index contributed by atoms with van der Waals surface area (Å²) in [5, 5.41) is 9.73. The zero-order valence-corrected chi connectivity index (χ0v) is 16.4. The molecular weight excluding hydrogens is 364 g/mol. The molecule has 1 unspecified atom stereocenters. The van der Waals surface area contributed by atoms with Crippen molar-refractivity contribution < 1.29 is 33.6 Å². The van der Waals surface area contributed by atoms with Crippen molar-refractivity contribution in [2.24, 2.45) is 0 Å². The van der Waals surface area contributed by atoms with Gasteiger partial charge in [-0.2, -0.15) is 0 Å². The minimum atomic E-state index is -0.667. The number of hydrogen-bond donors (Lipinski definition) is 1. The van der Waals surface area contributed by atoms with Gasteiger partial charge in [-0.05, 0) is 25.5 Å². The smallest absolute Gasteiger partial charge is 0.302 e. The highest BCUT2D eigenvalue weighted by molar-refractivity contribution is 5.66. The molecule has 1 N–H and O–H groups in total. The van der Waals surface area contributed by atoms with Crippen LogP contribution < -0.4 is 0 Å². The highest BCUT2D eigenvalue weighted by atomic mass is 16.7. The third kappa shape index (κ3) is 5.62. The van der Waals surface area contributed by atoms with Crippen LogP contribution in [0, 0.1) is 0 Å². The Morgan fingerprint density at radius 3 is 2.57 bits per heavy atom. The largest absolute Gasteiger partial charge is 0.459 e. The first-order chi connectivity index (χ1) is 13.4. The van der Waals surface area contributed by atoms with E-state index in [1.165, 1.54) is 6.92 Å². The van der Waals surface area contributed by atoms with Crippen LogP contribution in [0.2, 0.25) is 0 Å². The van der Waals surface area contributed by atoms with Gasteiger partial charge < -0.3 is 28.8 Å². The maximum Gasteiger partial charge on any atom is 0.302 e. The van der Waals surface area contributed by atoms with Crippen molar-refractivity contribution >= 4 is 5.97 Å². The fraction of sp³-hybridized carbons (Fsp3) is 0.571. The molecule has 1 aromatic rings. The molecule has 1 fully saturated rings. The van der Waals surface area contributed by atoms with Crippen molar-refractivity contribution in [3.63, 3.8) is 0 Å². The Kier molecular flexibility index (Phi) is 7.20. The number of carbonyl (C=O) groups excluding carboxylic acids is 1. The normalized spacial score (nSPS) is 35.5. The van der Waals surface area contributed by atoms with E-state index in [9.17, 15) is 9.90 Å². The molecule has 0 spiro atoms. The van der Waals surface area contributed by atoms with Gasteiger partial charge in [0.25, 0.3) is 0 Å². The van der Waals surface area contributed by atoms with Crippen molar-refractivity contribution in [2.45, 2.75) is 76.9 Å². The Bertz CT molecular complexity index is 662. The van der Waals surface area contributed by atoms with Crippen LogP contribution in [0.5, 0.6) is 0 Å². The van der Waals surface area contributed by atoms with Crippen LogP contribution in [0.1, 0.15) is 32.8 Å². The number of aliphatic hydroxyl groups is 1. The Balaban J connectivity index is 1.62. The van der Waals surface area contributed by atoms with Crippen molar-refractivity contribution in [3.05, 3.63) is 48.0 Å². The van der Waals surface area contributed by atoms with E-state index >= 15 is 0 Å². The topological polar surface area (TPSA) is 83.5 Å². The molecule has 7 heteroatoms. The van der Waals surface area contributed by atoms with Gasteiger partial charge in [0.05, 0.1) is 24.9 Å². The van der Waals surface area contributed by atoms with Crippen LogP contribution in [0.15, 0.2) is 42.5 Å². The SMILES string of the molecule is CC(=O)O[C@H]1C[C@H](OCc2ccccc2)O[C@H](C)[C@H]1O[C@H]1C=CC(O)[C@@H](C)O1. The van der Waals surface area contributed by atoms with E-state index in [1.54, 1.807) is 19.1 Å². The molecule has 7 nitrogen and oxygen atoms in total. The van der Waals surface area contributed by atoms with Crippen molar-refractivity contribution in [1.29, 1.82) is 0 Å². The van der Waals surface area contributed by atoms with Crippen LogP contribution in [-0.4, -0.2) is 54.2 Å². The average molecular weight is 392 g/mol. The van der Waals surface area contributed by atoms with Gasteiger partial charge in [-0.3, -0.25) is 4.79 Å². The van der Waals surface area contributed by atoms with E-state index in [4.69, 9.17) is 23.7 Å². The summed E-state index contributed by atoms with van der Waals surface area (Å²) >= 11 is 0. The van der Waals surface area contributed by atoms with E-state index < -0.39 is 36.9 Å². The number of aliphatic hydroxyl groups excluding tert-OH is 1. The number of ether oxygens (including phenoxy) is 5. The third-order valence-corrected chi connectivity index (χ3v) is 4.80. The highest BCUT2D eigenvalue weighted by Crippen LogP contribution is 2.29. The van der Waals surface area contributed by atoms with Gasteiger partial charge in [0.1, 0.15) is 12.2 Å². The van der Waals surface area contributed by atoms with E-state index in [0.29, 0.717) is 13.0 Å². The molecule has 0 amide bonds.